The van der Waals surface area contributed by atoms with Gasteiger partial charge in [-0.25, -0.2) is 4.79 Å². The zero-order valence-corrected chi connectivity index (χ0v) is 13.1. The summed E-state index contributed by atoms with van der Waals surface area (Å²) in [6.07, 6.45) is 2.35. The smallest absolute Gasteiger partial charge is 0.326 e. The summed E-state index contributed by atoms with van der Waals surface area (Å²) in [6.45, 7) is 4.91. The Morgan fingerprint density at radius 2 is 1.87 bits per heavy atom. The summed E-state index contributed by atoms with van der Waals surface area (Å²) < 4.78 is 0. The van der Waals surface area contributed by atoms with Crippen LogP contribution in [0.1, 0.15) is 37.8 Å². The molecule has 1 rings (SSSR count). The van der Waals surface area contributed by atoms with Gasteiger partial charge in [-0.15, -0.1) is 6.58 Å². The molecule has 0 aliphatic heterocycles. The molecule has 0 aromatic heterocycles. The summed E-state index contributed by atoms with van der Waals surface area (Å²) in [5, 5.41) is 14.3. The SMILES string of the molecule is C=CCCC(NC(=O)CC(NC(C)=O)c1ccccc1)C(=O)O. The Morgan fingerprint density at radius 3 is 2.39 bits per heavy atom. The first-order chi connectivity index (χ1) is 10.9. The van der Waals surface area contributed by atoms with Crippen molar-refractivity contribution in [1.29, 1.82) is 0 Å². The Kier molecular flexibility index (Phi) is 7.53. The van der Waals surface area contributed by atoms with E-state index in [4.69, 9.17) is 5.11 Å². The molecule has 2 amide bonds. The lowest BCUT2D eigenvalue weighted by atomic mass is 10.0. The average molecular weight is 318 g/mol. The van der Waals surface area contributed by atoms with Gasteiger partial charge in [0.15, 0.2) is 0 Å². The van der Waals surface area contributed by atoms with Gasteiger partial charge < -0.3 is 15.7 Å². The molecule has 0 spiro atoms. The maximum atomic E-state index is 12.1. The lowest BCUT2D eigenvalue weighted by Crippen LogP contribution is -2.42. The Hall–Kier alpha value is -2.63. The predicted molar refractivity (Wildman–Crippen MR) is 86.6 cm³/mol. The maximum Gasteiger partial charge on any atom is 0.326 e. The van der Waals surface area contributed by atoms with Gasteiger partial charge in [0.25, 0.3) is 0 Å². The van der Waals surface area contributed by atoms with E-state index in [1.165, 1.54) is 6.92 Å². The number of carbonyl (C=O) groups is 3. The fraction of sp³-hybridized carbons (Fsp3) is 0.353. The van der Waals surface area contributed by atoms with Crippen molar-refractivity contribution in [1.82, 2.24) is 10.6 Å². The molecule has 0 aliphatic carbocycles. The Balaban J connectivity index is 2.74. The summed E-state index contributed by atoms with van der Waals surface area (Å²) in [5.41, 5.74) is 0.788. The predicted octanol–water partition coefficient (Wildman–Crippen LogP) is 1.79. The van der Waals surface area contributed by atoms with E-state index in [0.29, 0.717) is 6.42 Å². The first-order valence-corrected chi connectivity index (χ1v) is 7.39. The highest BCUT2D eigenvalue weighted by Gasteiger charge is 2.22. The van der Waals surface area contributed by atoms with Crippen LogP contribution in [0, 0.1) is 0 Å². The van der Waals surface area contributed by atoms with E-state index >= 15 is 0 Å². The van der Waals surface area contributed by atoms with Gasteiger partial charge in [-0.3, -0.25) is 9.59 Å². The van der Waals surface area contributed by atoms with Gasteiger partial charge in [0.2, 0.25) is 11.8 Å². The highest BCUT2D eigenvalue weighted by Crippen LogP contribution is 2.16. The summed E-state index contributed by atoms with van der Waals surface area (Å²) in [6, 6.07) is 7.61. The number of carboxylic acids is 1. The molecule has 0 heterocycles. The number of nitrogens with one attached hydrogen (secondary N) is 2. The van der Waals surface area contributed by atoms with Crippen molar-refractivity contribution in [3.05, 3.63) is 48.6 Å². The molecule has 1 aromatic carbocycles. The van der Waals surface area contributed by atoms with Crippen LogP contribution in [0.15, 0.2) is 43.0 Å². The number of carboxylic acid groups (broad SMARTS) is 1. The molecule has 124 valence electrons. The maximum absolute atomic E-state index is 12.1. The monoisotopic (exact) mass is 318 g/mol. The lowest BCUT2D eigenvalue weighted by molar-refractivity contribution is -0.142. The van der Waals surface area contributed by atoms with Crippen LogP contribution in [0.3, 0.4) is 0 Å². The standard InChI is InChI=1S/C17H22N2O4/c1-3-4-10-14(17(22)23)19-16(21)11-15(18-12(2)20)13-8-6-5-7-9-13/h3,5-9,14-15H,1,4,10-11H2,2H3,(H,18,20)(H,19,21)(H,22,23). The minimum atomic E-state index is -1.09. The van der Waals surface area contributed by atoms with Crippen molar-refractivity contribution >= 4 is 17.8 Å². The zero-order valence-electron chi connectivity index (χ0n) is 13.1. The number of hydrogen-bond acceptors (Lipinski definition) is 3. The molecule has 23 heavy (non-hydrogen) atoms. The molecule has 6 heteroatoms. The molecule has 0 aliphatic rings. The van der Waals surface area contributed by atoms with Crippen molar-refractivity contribution < 1.29 is 19.5 Å². The normalized spacial score (nSPS) is 12.7. The van der Waals surface area contributed by atoms with Gasteiger partial charge in [0, 0.05) is 6.92 Å². The number of aliphatic carboxylic acids is 1. The highest BCUT2D eigenvalue weighted by molar-refractivity contribution is 5.84. The van der Waals surface area contributed by atoms with Crippen LogP contribution >= 0.6 is 0 Å². The van der Waals surface area contributed by atoms with Crippen LogP contribution in [-0.2, 0) is 14.4 Å². The van der Waals surface area contributed by atoms with Crippen LogP contribution in [-0.4, -0.2) is 28.9 Å². The van der Waals surface area contributed by atoms with E-state index in [1.807, 2.05) is 18.2 Å². The largest absolute Gasteiger partial charge is 0.480 e. The summed E-state index contributed by atoms with van der Waals surface area (Å²) in [7, 11) is 0. The van der Waals surface area contributed by atoms with Crippen molar-refractivity contribution in [3.63, 3.8) is 0 Å². The van der Waals surface area contributed by atoms with Crippen molar-refractivity contribution in [2.24, 2.45) is 0 Å². The Labute approximate surface area is 135 Å². The molecule has 3 N–H and O–H groups in total. The van der Waals surface area contributed by atoms with Crippen LogP contribution in [0.5, 0.6) is 0 Å². The molecule has 0 bridgehead atoms. The van der Waals surface area contributed by atoms with E-state index in [2.05, 4.69) is 17.2 Å². The minimum Gasteiger partial charge on any atom is -0.480 e. The van der Waals surface area contributed by atoms with Gasteiger partial charge in [0.05, 0.1) is 12.5 Å². The molecular weight excluding hydrogens is 296 g/mol. The van der Waals surface area contributed by atoms with E-state index in [1.54, 1.807) is 18.2 Å². The van der Waals surface area contributed by atoms with E-state index < -0.39 is 24.0 Å². The minimum absolute atomic E-state index is 0.0263. The number of hydrogen-bond donors (Lipinski definition) is 3. The molecule has 0 fully saturated rings. The molecule has 1 aromatic rings. The summed E-state index contributed by atoms with van der Waals surface area (Å²) in [4.78, 5) is 34.6. The second-order valence-electron chi connectivity index (χ2n) is 5.19. The number of carbonyl (C=O) groups excluding carboxylic acids is 2. The van der Waals surface area contributed by atoms with Crippen LogP contribution in [0.2, 0.25) is 0 Å². The van der Waals surface area contributed by atoms with E-state index in [-0.39, 0.29) is 18.7 Å². The van der Waals surface area contributed by atoms with Gasteiger partial charge >= 0.3 is 5.97 Å². The van der Waals surface area contributed by atoms with Crippen LogP contribution in [0.4, 0.5) is 0 Å². The fourth-order valence-corrected chi connectivity index (χ4v) is 2.16. The number of rotatable bonds is 9. The van der Waals surface area contributed by atoms with Crippen molar-refractivity contribution in [2.45, 2.75) is 38.3 Å². The lowest BCUT2D eigenvalue weighted by Gasteiger charge is -2.20. The average Bonchev–Trinajstić information content (AvgIpc) is 2.51. The van der Waals surface area contributed by atoms with Crippen molar-refractivity contribution in [3.8, 4) is 0 Å². The third kappa shape index (κ3) is 6.78. The van der Waals surface area contributed by atoms with Gasteiger partial charge in [-0.1, -0.05) is 36.4 Å². The van der Waals surface area contributed by atoms with Crippen LogP contribution in [0.25, 0.3) is 0 Å². The topological polar surface area (TPSA) is 95.5 Å². The molecule has 0 saturated carbocycles. The first-order valence-electron chi connectivity index (χ1n) is 7.39. The molecule has 0 saturated heterocycles. The molecule has 0 radical (unpaired) electrons. The second kappa shape index (κ2) is 9.40. The first kappa shape index (κ1) is 18.4. The molecule has 2 unspecified atom stereocenters. The number of benzene rings is 1. The third-order valence-electron chi connectivity index (χ3n) is 3.26. The molecular formula is C17H22N2O4. The van der Waals surface area contributed by atoms with E-state index in [0.717, 1.165) is 5.56 Å². The Bertz CT molecular complexity index is 557. The molecule has 2 atom stereocenters. The summed E-state index contributed by atoms with van der Waals surface area (Å²) >= 11 is 0. The quantitative estimate of drug-likeness (QED) is 0.605. The second-order valence-corrected chi connectivity index (χ2v) is 5.19. The van der Waals surface area contributed by atoms with Gasteiger partial charge in [0.1, 0.15) is 6.04 Å². The summed E-state index contributed by atoms with van der Waals surface area (Å²) in [5.74, 6) is -1.77. The molecule has 6 nitrogen and oxygen atoms in total. The van der Waals surface area contributed by atoms with Gasteiger partial charge in [-0.2, -0.15) is 0 Å². The van der Waals surface area contributed by atoms with Crippen molar-refractivity contribution in [2.75, 3.05) is 0 Å². The Morgan fingerprint density at radius 1 is 1.22 bits per heavy atom. The number of amides is 2. The third-order valence-corrected chi connectivity index (χ3v) is 3.26. The van der Waals surface area contributed by atoms with Crippen LogP contribution < -0.4 is 10.6 Å². The fourth-order valence-electron chi connectivity index (χ4n) is 2.16. The highest BCUT2D eigenvalue weighted by atomic mass is 16.4. The number of allylic oxidation sites excluding steroid dienone is 1. The van der Waals surface area contributed by atoms with E-state index in [9.17, 15) is 14.4 Å². The van der Waals surface area contributed by atoms with Gasteiger partial charge in [-0.05, 0) is 18.4 Å². The zero-order chi connectivity index (χ0) is 17.2.